The number of fused-ring (bicyclic) bond motifs is 3. The van der Waals surface area contributed by atoms with Crippen LogP contribution < -0.4 is 5.32 Å². The van der Waals surface area contributed by atoms with Crippen LogP contribution in [0.3, 0.4) is 0 Å². The highest BCUT2D eigenvalue weighted by atomic mass is 16.8. The summed E-state index contributed by atoms with van der Waals surface area (Å²) in [4.78, 5) is 38.7. The molecule has 2 heterocycles. The molecule has 244 valence electrons. The van der Waals surface area contributed by atoms with Crippen LogP contribution in [-0.4, -0.2) is 106 Å². The molecule has 1 aliphatic carbocycles. The summed E-state index contributed by atoms with van der Waals surface area (Å²) < 4.78 is 22.8. The zero-order valence-electron chi connectivity index (χ0n) is 26.2. The van der Waals surface area contributed by atoms with Crippen molar-refractivity contribution in [3.05, 3.63) is 59.7 Å². The molecule has 0 aromatic heterocycles. The van der Waals surface area contributed by atoms with E-state index in [9.17, 15) is 29.7 Å². The minimum Gasteiger partial charge on any atom is -0.480 e. The van der Waals surface area contributed by atoms with Crippen LogP contribution in [0.1, 0.15) is 57.6 Å². The quantitative estimate of drug-likeness (QED) is 0.292. The predicted molar refractivity (Wildman–Crippen MR) is 161 cm³/mol. The maximum absolute atomic E-state index is 13.0. The molecule has 0 unspecified atom stereocenters. The Balaban J connectivity index is 1.13. The van der Waals surface area contributed by atoms with Crippen molar-refractivity contribution in [1.82, 2.24) is 10.2 Å². The maximum atomic E-state index is 13.0. The topological polar surface area (TPSA) is 164 Å². The second kappa shape index (κ2) is 12.3. The average molecular weight is 627 g/mol. The number of amides is 2. The first-order valence-electron chi connectivity index (χ1n) is 15.1. The molecular formula is C33H42N2O10. The third-order valence-electron chi connectivity index (χ3n) is 9.21. The number of benzene rings is 2. The molecule has 5 rings (SSSR count). The van der Waals surface area contributed by atoms with Crippen LogP contribution in [0.4, 0.5) is 4.79 Å². The normalized spacial score (nSPS) is 25.8. The summed E-state index contributed by atoms with van der Waals surface area (Å²) in [6.07, 6.45) is -4.18. The Bertz CT molecular complexity index is 1400. The van der Waals surface area contributed by atoms with E-state index in [1.165, 1.54) is 7.05 Å². The zero-order chi connectivity index (χ0) is 32.7. The van der Waals surface area contributed by atoms with Crippen molar-refractivity contribution in [2.45, 2.75) is 87.8 Å². The number of aliphatic hydroxyl groups is 2. The summed E-state index contributed by atoms with van der Waals surface area (Å²) in [6, 6.07) is 14.4. The zero-order valence-corrected chi connectivity index (χ0v) is 26.2. The molecular weight excluding hydrogens is 584 g/mol. The van der Waals surface area contributed by atoms with Crippen molar-refractivity contribution in [2.75, 3.05) is 26.8 Å². The third kappa shape index (κ3) is 6.17. The van der Waals surface area contributed by atoms with Crippen LogP contribution in [0.25, 0.3) is 11.1 Å². The minimum atomic E-state index is -1.75. The smallest absolute Gasteiger partial charge is 0.410 e. The van der Waals surface area contributed by atoms with Gasteiger partial charge in [0.2, 0.25) is 5.91 Å². The average Bonchev–Trinajstić information content (AvgIpc) is 3.52. The largest absolute Gasteiger partial charge is 0.480 e. The number of rotatable bonds is 11. The molecule has 4 N–H and O–H groups in total. The Morgan fingerprint density at radius 2 is 1.62 bits per heavy atom. The van der Waals surface area contributed by atoms with Crippen molar-refractivity contribution in [3.63, 3.8) is 0 Å². The molecule has 2 fully saturated rings. The number of carboxylic acid groups (broad SMARTS) is 1. The first kappa shape index (κ1) is 32.8. The number of aliphatic hydroxyl groups excluding tert-OH is 1. The molecule has 0 spiro atoms. The highest BCUT2D eigenvalue weighted by Crippen LogP contribution is 2.49. The van der Waals surface area contributed by atoms with Crippen molar-refractivity contribution < 1.29 is 48.7 Å². The number of carbonyl (C=O) groups excluding carboxylic acids is 2. The van der Waals surface area contributed by atoms with Gasteiger partial charge in [-0.05, 0) is 56.4 Å². The van der Waals surface area contributed by atoms with E-state index in [0.29, 0.717) is 0 Å². The molecule has 45 heavy (non-hydrogen) atoms. The summed E-state index contributed by atoms with van der Waals surface area (Å²) in [5.74, 6) is -2.89. The Morgan fingerprint density at radius 1 is 1.02 bits per heavy atom. The van der Waals surface area contributed by atoms with Gasteiger partial charge in [-0.3, -0.25) is 9.69 Å². The molecule has 2 saturated heterocycles. The van der Waals surface area contributed by atoms with E-state index in [2.05, 4.69) is 5.32 Å². The van der Waals surface area contributed by atoms with Crippen LogP contribution in [0, 0.1) is 0 Å². The molecule has 0 saturated carbocycles. The van der Waals surface area contributed by atoms with Gasteiger partial charge in [0.05, 0.1) is 12.2 Å². The maximum Gasteiger partial charge on any atom is 0.410 e. The molecule has 12 nitrogen and oxygen atoms in total. The first-order chi connectivity index (χ1) is 21.2. The van der Waals surface area contributed by atoms with Crippen LogP contribution in [0.5, 0.6) is 0 Å². The Hall–Kier alpha value is -3.55. The minimum absolute atomic E-state index is 0.0292. The van der Waals surface area contributed by atoms with Crippen molar-refractivity contribution >= 4 is 18.0 Å². The number of nitrogens with zero attached hydrogens (tertiary/aromatic N) is 1. The van der Waals surface area contributed by atoms with Crippen LogP contribution in [-0.2, 0) is 28.5 Å². The summed E-state index contributed by atoms with van der Waals surface area (Å²) in [6.45, 7) is 6.63. The number of nitrogens with one attached hydrogen (secondary N) is 1. The third-order valence-corrected chi connectivity index (χ3v) is 9.21. The number of aliphatic carboxylic acids is 1. The molecule has 3 aliphatic rings. The first-order valence-corrected chi connectivity index (χ1v) is 15.1. The van der Waals surface area contributed by atoms with Crippen molar-refractivity contribution in [2.24, 2.45) is 0 Å². The summed E-state index contributed by atoms with van der Waals surface area (Å²) in [5.41, 5.74) is 1.33. The summed E-state index contributed by atoms with van der Waals surface area (Å²) in [7, 11) is 1.32. The van der Waals surface area contributed by atoms with Crippen LogP contribution in [0.15, 0.2) is 48.5 Å². The predicted octanol–water partition coefficient (Wildman–Crippen LogP) is 2.64. The fraction of sp³-hybridized carbons (Fsp3) is 0.545. The van der Waals surface area contributed by atoms with E-state index in [1.54, 1.807) is 27.7 Å². The van der Waals surface area contributed by atoms with E-state index >= 15 is 0 Å². The lowest BCUT2D eigenvalue weighted by atomic mass is 9.69. The van der Waals surface area contributed by atoms with Crippen molar-refractivity contribution in [1.29, 1.82) is 0 Å². The number of likely N-dealkylation sites (N-methyl/N-ethyl adjacent to an activating group) is 1. The van der Waals surface area contributed by atoms with E-state index in [1.807, 2.05) is 48.5 Å². The van der Waals surface area contributed by atoms with Crippen molar-refractivity contribution in [3.8, 4) is 11.1 Å². The highest BCUT2D eigenvalue weighted by Gasteiger charge is 2.68. The number of ether oxygens (including phenoxy) is 4. The lowest BCUT2D eigenvalue weighted by Gasteiger charge is -2.60. The molecule has 5 atom stereocenters. The second-order valence-electron chi connectivity index (χ2n) is 12.9. The van der Waals surface area contributed by atoms with Gasteiger partial charge in [0, 0.05) is 25.9 Å². The van der Waals surface area contributed by atoms with Gasteiger partial charge in [0.1, 0.15) is 36.6 Å². The van der Waals surface area contributed by atoms with E-state index < -0.39 is 59.3 Å². The van der Waals surface area contributed by atoms with Crippen LogP contribution in [0.2, 0.25) is 0 Å². The van der Waals surface area contributed by atoms with Gasteiger partial charge < -0.3 is 39.6 Å². The molecule has 2 aliphatic heterocycles. The van der Waals surface area contributed by atoms with Gasteiger partial charge in [0.25, 0.3) is 0 Å². The Kier molecular flexibility index (Phi) is 9.00. The molecule has 2 aromatic rings. The highest BCUT2D eigenvalue weighted by molar-refractivity contribution is 5.82. The monoisotopic (exact) mass is 626 g/mol. The van der Waals surface area contributed by atoms with Gasteiger partial charge >= 0.3 is 12.1 Å². The lowest BCUT2D eigenvalue weighted by molar-refractivity contribution is -0.383. The molecule has 12 heteroatoms. The summed E-state index contributed by atoms with van der Waals surface area (Å²) >= 11 is 0. The molecule has 2 amide bonds. The number of hydrogen-bond acceptors (Lipinski definition) is 9. The van der Waals surface area contributed by atoms with E-state index in [0.717, 1.165) is 27.2 Å². The van der Waals surface area contributed by atoms with Gasteiger partial charge in [0.15, 0.2) is 5.79 Å². The van der Waals surface area contributed by atoms with Gasteiger partial charge in [-0.15, -0.1) is 0 Å². The molecule has 0 bridgehead atoms. The molecule has 2 aromatic carbocycles. The Labute approximate surface area is 262 Å². The number of hydrogen-bond donors (Lipinski definition) is 4. The SMILES string of the molecule is CN(C(=O)OCC1c2ccccc2-c2ccccc21)[C@@H](CCC(=O)NC[C@H](O)[C@]1(O)[C@@H]([C@H]2COC(C)(C)O2)OC1(C)C)C(=O)O. The lowest BCUT2D eigenvalue weighted by Crippen LogP contribution is -2.80. The number of carboxylic acids is 1. The van der Waals surface area contributed by atoms with Crippen LogP contribution >= 0.6 is 0 Å². The second-order valence-corrected chi connectivity index (χ2v) is 12.9. The van der Waals surface area contributed by atoms with Gasteiger partial charge in [-0.1, -0.05) is 48.5 Å². The van der Waals surface area contributed by atoms with Gasteiger partial charge in [-0.2, -0.15) is 0 Å². The number of carbonyl (C=O) groups is 3. The van der Waals surface area contributed by atoms with Gasteiger partial charge in [-0.25, -0.2) is 9.59 Å². The van der Waals surface area contributed by atoms with E-state index in [4.69, 9.17) is 18.9 Å². The standard InChI is InChI=1S/C33H42N2O10/c1-31(2)33(41,28(45-31)25-18-43-32(3,4)44-25)26(36)16-34-27(37)15-14-24(29(38)39)35(5)30(40)42-17-23-21-12-8-6-10-19(21)20-11-7-9-13-22(20)23/h6-13,23-26,28,36,41H,14-18H2,1-5H3,(H,34,37)(H,38,39)/t24-,25+,26-,28+,33-/m0/s1. The molecule has 0 radical (unpaired) electrons. The fourth-order valence-corrected chi connectivity index (χ4v) is 6.63. The Morgan fingerprint density at radius 3 is 2.16 bits per heavy atom. The van der Waals surface area contributed by atoms with E-state index in [-0.39, 0.29) is 38.5 Å². The fourth-order valence-electron chi connectivity index (χ4n) is 6.63. The summed E-state index contributed by atoms with van der Waals surface area (Å²) in [5, 5.41) is 34.8.